The molecule has 1 aliphatic rings. The minimum absolute atomic E-state index is 0.254. The van der Waals surface area contributed by atoms with Crippen molar-refractivity contribution in [3.05, 3.63) is 53.6 Å². The maximum Gasteiger partial charge on any atom is 0.216 e. The number of hydrogen-bond donors (Lipinski definition) is 2. The van der Waals surface area contributed by atoms with Crippen molar-refractivity contribution in [1.82, 2.24) is 10.4 Å². The Bertz CT molecular complexity index is 790. The highest BCUT2D eigenvalue weighted by atomic mass is 16.7. The highest BCUT2D eigenvalue weighted by Crippen LogP contribution is 2.34. The average Bonchev–Trinajstić information content (AvgIpc) is 2.64. The van der Waals surface area contributed by atoms with Crippen LogP contribution in [0.5, 0.6) is 5.75 Å². The second kappa shape index (κ2) is 6.76. The third kappa shape index (κ3) is 3.33. The molecule has 132 valence electrons. The van der Waals surface area contributed by atoms with Crippen LogP contribution in [0, 0.1) is 5.41 Å². The highest BCUT2D eigenvalue weighted by Gasteiger charge is 2.34. The first-order valence-electron chi connectivity index (χ1n) is 8.48. The van der Waals surface area contributed by atoms with Crippen LogP contribution in [0.15, 0.2) is 42.5 Å². The Balaban J connectivity index is 2.01. The number of nitrogens with one attached hydrogen (secondary N) is 2. The third-order valence-corrected chi connectivity index (χ3v) is 4.74. The molecule has 2 aromatic carbocycles. The third-order valence-electron chi connectivity index (χ3n) is 4.74. The van der Waals surface area contributed by atoms with Crippen molar-refractivity contribution in [1.29, 1.82) is 5.41 Å². The number of guanidine groups is 1. The van der Waals surface area contributed by atoms with Crippen LogP contribution in [0.4, 0.5) is 0 Å². The number of hydroxylamine groups is 2. The summed E-state index contributed by atoms with van der Waals surface area (Å²) in [5.41, 5.74) is 4.07. The van der Waals surface area contributed by atoms with Gasteiger partial charge in [0.1, 0.15) is 12.4 Å². The van der Waals surface area contributed by atoms with Gasteiger partial charge in [0.05, 0.1) is 12.6 Å². The summed E-state index contributed by atoms with van der Waals surface area (Å²) in [5.74, 6) is 1.12. The van der Waals surface area contributed by atoms with Gasteiger partial charge < -0.3 is 10.1 Å². The number of rotatable bonds is 4. The summed E-state index contributed by atoms with van der Waals surface area (Å²) in [4.78, 5) is 5.61. The normalized spacial score (nSPS) is 20.3. The number of nitrogens with zero attached hydrogens (tertiary/aromatic N) is 1. The molecular formula is C20H25N3O2. The van der Waals surface area contributed by atoms with Crippen LogP contribution in [0.25, 0.3) is 11.1 Å². The molecule has 0 aliphatic carbocycles. The summed E-state index contributed by atoms with van der Waals surface area (Å²) in [6, 6.07) is 14.6. The van der Waals surface area contributed by atoms with Gasteiger partial charge in [-0.3, -0.25) is 10.2 Å². The van der Waals surface area contributed by atoms with Gasteiger partial charge in [-0.15, -0.1) is 0 Å². The van der Waals surface area contributed by atoms with Crippen molar-refractivity contribution < 1.29 is 9.57 Å². The lowest BCUT2D eigenvalue weighted by atomic mass is 9.89. The predicted molar refractivity (Wildman–Crippen MR) is 99.7 cm³/mol. The molecule has 1 saturated heterocycles. The van der Waals surface area contributed by atoms with E-state index in [-0.39, 0.29) is 5.96 Å². The topological polar surface area (TPSA) is 57.6 Å². The molecule has 0 radical (unpaired) electrons. The molecule has 0 aromatic heterocycles. The van der Waals surface area contributed by atoms with E-state index in [1.165, 1.54) is 10.6 Å². The van der Waals surface area contributed by atoms with E-state index in [9.17, 15) is 0 Å². The number of benzene rings is 2. The highest BCUT2D eigenvalue weighted by molar-refractivity contribution is 5.77. The van der Waals surface area contributed by atoms with E-state index in [4.69, 9.17) is 15.0 Å². The molecule has 1 heterocycles. The van der Waals surface area contributed by atoms with Gasteiger partial charge in [0.25, 0.3) is 0 Å². The maximum absolute atomic E-state index is 8.00. The van der Waals surface area contributed by atoms with Crippen molar-refractivity contribution in [3.8, 4) is 16.9 Å². The minimum atomic E-state index is -0.449. The second-order valence-electron chi connectivity index (χ2n) is 6.55. The number of aryl methyl sites for hydroxylation is 1. The predicted octanol–water partition coefficient (Wildman–Crippen LogP) is 3.54. The molecule has 0 saturated carbocycles. The fraction of sp³-hybridized carbons (Fsp3) is 0.350. The molecule has 5 heteroatoms. The molecule has 2 aromatic rings. The Morgan fingerprint density at radius 2 is 2.08 bits per heavy atom. The van der Waals surface area contributed by atoms with Crippen molar-refractivity contribution >= 4 is 5.96 Å². The molecule has 2 N–H and O–H groups in total. The minimum Gasteiger partial charge on any atom is -0.496 e. The van der Waals surface area contributed by atoms with Gasteiger partial charge in [-0.1, -0.05) is 31.2 Å². The Morgan fingerprint density at radius 1 is 1.28 bits per heavy atom. The van der Waals surface area contributed by atoms with E-state index >= 15 is 0 Å². The number of hydrogen-bond acceptors (Lipinski definition) is 3. The summed E-state index contributed by atoms with van der Waals surface area (Å²) in [6.45, 7) is 4.66. The lowest BCUT2D eigenvalue weighted by molar-refractivity contribution is -0.126. The monoisotopic (exact) mass is 339 g/mol. The van der Waals surface area contributed by atoms with Crippen LogP contribution in [0.2, 0.25) is 0 Å². The molecule has 5 nitrogen and oxygen atoms in total. The molecule has 3 rings (SSSR count). The van der Waals surface area contributed by atoms with Gasteiger partial charge in [0.15, 0.2) is 0 Å². The number of ether oxygens (including phenoxy) is 1. The summed E-state index contributed by atoms with van der Waals surface area (Å²) < 4.78 is 5.56. The van der Waals surface area contributed by atoms with Crippen LogP contribution in [-0.2, 0) is 16.8 Å². The van der Waals surface area contributed by atoms with E-state index in [0.717, 1.165) is 28.9 Å². The van der Waals surface area contributed by atoms with Crippen molar-refractivity contribution in [2.75, 3.05) is 20.8 Å². The zero-order chi connectivity index (χ0) is 18.0. The molecule has 0 bridgehead atoms. The van der Waals surface area contributed by atoms with Crippen LogP contribution >= 0.6 is 0 Å². The van der Waals surface area contributed by atoms with Crippen LogP contribution in [0.3, 0.4) is 0 Å². The molecule has 1 unspecified atom stereocenters. The SMILES string of the molecule is CCc1ccc(OC)c(-c2cccc(C3(C)CON(C)C(=N)N3)c2)c1. The van der Waals surface area contributed by atoms with E-state index in [2.05, 4.69) is 42.6 Å². The molecule has 1 atom stereocenters. The van der Waals surface area contributed by atoms with E-state index < -0.39 is 5.54 Å². The van der Waals surface area contributed by atoms with Crippen LogP contribution in [-0.4, -0.2) is 31.8 Å². The maximum atomic E-state index is 8.00. The summed E-state index contributed by atoms with van der Waals surface area (Å²) >= 11 is 0. The molecular weight excluding hydrogens is 314 g/mol. The Labute approximate surface area is 149 Å². The Morgan fingerprint density at radius 3 is 2.76 bits per heavy atom. The van der Waals surface area contributed by atoms with E-state index in [0.29, 0.717) is 6.61 Å². The van der Waals surface area contributed by atoms with Crippen molar-refractivity contribution in [3.63, 3.8) is 0 Å². The molecule has 1 fully saturated rings. The molecule has 0 spiro atoms. The van der Waals surface area contributed by atoms with Gasteiger partial charge in [0, 0.05) is 12.6 Å². The van der Waals surface area contributed by atoms with Crippen molar-refractivity contribution in [2.24, 2.45) is 0 Å². The largest absolute Gasteiger partial charge is 0.496 e. The zero-order valence-corrected chi connectivity index (χ0v) is 15.2. The average molecular weight is 339 g/mol. The first kappa shape index (κ1) is 17.3. The fourth-order valence-corrected chi connectivity index (χ4v) is 3.05. The summed E-state index contributed by atoms with van der Waals surface area (Å²) in [5, 5.41) is 12.7. The smallest absolute Gasteiger partial charge is 0.216 e. The van der Waals surface area contributed by atoms with Gasteiger partial charge in [-0.25, -0.2) is 5.06 Å². The van der Waals surface area contributed by atoms with Gasteiger partial charge in [-0.2, -0.15) is 0 Å². The molecule has 25 heavy (non-hydrogen) atoms. The standard InChI is InChI=1S/C20H25N3O2/c1-5-14-9-10-18(24-4)17(11-14)15-7-6-8-16(12-15)20(2)13-25-23(3)19(21)22-20/h6-12H,5,13H2,1-4H3,(H2,21,22). The fourth-order valence-electron chi connectivity index (χ4n) is 3.05. The van der Waals surface area contributed by atoms with E-state index in [1.807, 2.05) is 19.1 Å². The first-order chi connectivity index (χ1) is 12.0. The van der Waals surface area contributed by atoms with Gasteiger partial charge in [0.2, 0.25) is 5.96 Å². The first-order valence-corrected chi connectivity index (χ1v) is 8.48. The lowest BCUT2D eigenvalue weighted by Gasteiger charge is -2.40. The Hall–Kier alpha value is -2.53. The molecule has 1 aliphatic heterocycles. The van der Waals surface area contributed by atoms with Gasteiger partial charge in [-0.05, 0) is 48.2 Å². The van der Waals surface area contributed by atoms with E-state index in [1.54, 1.807) is 14.2 Å². The van der Waals surface area contributed by atoms with Crippen LogP contribution in [0.1, 0.15) is 25.0 Å². The lowest BCUT2D eigenvalue weighted by Crippen LogP contribution is -2.57. The quantitative estimate of drug-likeness (QED) is 0.894. The van der Waals surface area contributed by atoms with Crippen molar-refractivity contribution in [2.45, 2.75) is 25.8 Å². The Kier molecular flexibility index (Phi) is 4.68. The number of methoxy groups -OCH3 is 1. The summed E-state index contributed by atoms with van der Waals surface area (Å²) in [7, 11) is 3.43. The summed E-state index contributed by atoms with van der Waals surface area (Å²) in [6.07, 6.45) is 0.979. The van der Waals surface area contributed by atoms with Crippen LogP contribution < -0.4 is 10.1 Å². The zero-order valence-electron chi connectivity index (χ0n) is 15.2. The second-order valence-corrected chi connectivity index (χ2v) is 6.55. The van der Waals surface area contributed by atoms with Gasteiger partial charge >= 0.3 is 0 Å². The molecule has 0 amide bonds.